The molecule has 0 unspecified atom stereocenters. The molecule has 58 valence electrons. The number of rotatable bonds is 3. The molecule has 1 aromatic rings. The van der Waals surface area contributed by atoms with Gasteiger partial charge >= 0.3 is 0 Å². The van der Waals surface area contributed by atoms with E-state index in [1.54, 1.807) is 0 Å². The number of hydrogen-bond acceptors (Lipinski definition) is 1. The average Bonchev–Trinajstić information content (AvgIpc) is 2.03. The van der Waals surface area contributed by atoms with E-state index in [-0.39, 0.29) is 0 Å². The van der Waals surface area contributed by atoms with Gasteiger partial charge in [-0.05, 0) is 6.04 Å². The van der Waals surface area contributed by atoms with Crippen LogP contribution in [-0.2, 0) is 6.04 Å². The van der Waals surface area contributed by atoms with Crippen molar-refractivity contribution < 1.29 is 9.90 Å². The van der Waals surface area contributed by atoms with E-state index in [9.17, 15) is 4.79 Å². The lowest BCUT2D eigenvalue weighted by molar-refractivity contribution is 0.219. The van der Waals surface area contributed by atoms with Crippen molar-refractivity contribution in [2.75, 3.05) is 0 Å². The molecule has 3 heteroatoms. The van der Waals surface area contributed by atoms with Gasteiger partial charge in [-0.3, -0.25) is 4.79 Å². The van der Waals surface area contributed by atoms with E-state index in [2.05, 4.69) is 0 Å². The highest BCUT2D eigenvalue weighted by molar-refractivity contribution is 6.71. The summed E-state index contributed by atoms with van der Waals surface area (Å²) in [6.07, 6.45) is 0. The van der Waals surface area contributed by atoms with Gasteiger partial charge in [0.05, 0.1) is 0 Å². The van der Waals surface area contributed by atoms with E-state index < -0.39 is 15.1 Å². The quantitative estimate of drug-likeness (QED) is 0.681. The molecule has 0 aliphatic heterocycles. The molecule has 0 fully saturated rings. The van der Waals surface area contributed by atoms with Crippen LogP contribution in [-0.4, -0.2) is 20.2 Å². The number of carboxylic acid groups (broad SMARTS) is 1. The molecular formula is C8H10O2Si. The van der Waals surface area contributed by atoms with Crippen LogP contribution in [0.1, 0.15) is 5.56 Å². The van der Waals surface area contributed by atoms with Crippen molar-refractivity contribution >= 4 is 15.1 Å². The van der Waals surface area contributed by atoms with Crippen molar-refractivity contribution in [3.63, 3.8) is 0 Å². The Labute approximate surface area is 67.7 Å². The predicted octanol–water partition coefficient (Wildman–Crippen LogP) is 1.03. The lowest BCUT2D eigenvalue weighted by Gasteiger charge is -1.94. The minimum atomic E-state index is -0.936. The molecule has 0 amide bonds. The molecule has 1 rings (SSSR count). The van der Waals surface area contributed by atoms with Crippen molar-refractivity contribution in [3.05, 3.63) is 35.9 Å². The summed E-state index contributed by atoms with van der Waals surface area (Å²) in [6.45, 7) is 0. The molecule has 1 aromatic carbocycles. The summed E-state index contributed by atoms with van der Waals surface area (Å²) in [6, 6.07) is 10.5. The predicted molar refractivity (Wildman–Crippen MR) is 46.7 cm³/mol. The molecule has 0 bridgehead atoms. The largest absolute Gasteiger partial charge is 0.486 e. The molecule has 0 radical (unpaired) electrons. The highest BCUT2D eigenvalue weighted by atomic mass is 28.2. The van der Waals surface area contributed by atoms with Crippen LogP contribution in [0.15, 0.2) is 30.3 Å². The van der Waals surface area contributed by atoms with Crippen LogP contribution in [0.25, 0.3) is 0 Å². The molecule has 0 spiro atoms. The topological polar surface area (TPSA) is 37.3 Å². The Kier molecular flexibility index (Phi) is 2.86. The Balaban J connectivity index is 2.45. The average molecular weight is 166 g/mol. The van der Waals surface area contributed by atoms with Crippen molar-refractivity contribution in [1.29, 1.82) is 0 Å². The lowest BCUT2D eigenvalue weighted by Crippen LogP contribution is -2.08. The highest BCUT2D eigenvalue weighted by Gasteiger charge is 1.98. The van der Waals surface area contributed by atoms with Crippen molar-refractivity contribution in [2.45, 2.75) is 6.04 Å². The molecular weight excluding hydrogens is 156 g/mol. The molecule has 0 saturated heterocycles. The lowest BCUT2D eigenvalue weighted by atomic mass is 10.2. The smallest absolute Gasteiger partial charge is 0.262 e. The molecule has 2 nitrogen and oxygen atoms in total. The fourth-order valence-corrected chi connectivity index (χ4v) is 1.73. The molecule has 11 heavy (non-hydrogen) atoms. The first-order valence-electron chi connectivity index (χ1n) is 3.55. The molecule has 0 atom stereocenters. The van der Waals surface area contributed by atoms with Crippen molar-refractivity contribution in [3.8, 4) is 0 Å². The van der Waals surface area contributed by atoms with Gasteiger partial charge in [0.25, 0.3) is 5.59 Å². The first-order valence-corrected chi connectivity index (χ1v) is 5.25. The fraction of sp³-hybridized carbons (Fsp3) is 0.125. The van der Waals surface area contributed by atoms with E-state index in [4.69, 9.17) is 5.11 Å². The Bertz CT molecular complexity index is 233. The third-order valence-electron chi connectivity index (χ3n) is 1.47. The van der Waals surface area contributed by atoms with Gasteiger partial charge in [0, 0.05) is 0 Å². The Morgan fingerprint density at radius 3 is 2.55 bits per heavy atom. The van der Waals surface area contributed by atoms with Gasteiger partial charge in [0.15, 0.2) is 9.52 Å². The van der Waals surface area contributed by atoms with E-state index in [1.165, 1.54) is 0 Å². The fourth-order valence-electron chi connectivity index (χ4n) is 0.896. The van der Waals surface area contributed by atoms with E-state index >= 15 is 0 Å². The molecule has 1 N–H and O–H groups in total. The SMILES string of the molecule is O=C(O)[SiH2]Cc1ccccc1. The molecule has 0 saturated carbocycles. The van der Waals surface area contributed by atoms with Crippen LogP contribution < -0.4 is 0 Å². The van der Waals surface area contributed by atoms with Gasteiger partial charge in [0.1, 0.15) is 0 Å². The monoisotopic (exact) mass is 166 g/mol. The Morgan fingerprint density at radius 2 is 2.00 bits per heavy atom. The van der Waals surface area contributed by atoms with Crippen molar-refractivity contribution in [1.82, 2.24) is 0 Å². The van der Waals surface area contributed by atoms with E-state index in [0.29, 0.717) is 0 Å². The van der Waals surface area contributed by atoms with Gasteiger partial charge in [-0.1, -0.05) is 35.9 Å². The van der Waals surface area contributed by atoms with Crippen LogP contribution in [0, 0.1) is 0 Å². The van der Waals surface area contributed by atoms with Crippen LogP contribution in [0.5, 0.6) is 0 Å². The molecule has 0 heterocycles. The van der Waals surface area contributed by atoms with Crippen LogP contribution in [0.3, 0.4) is 0 Å². The summed E-state index contributed by atoms with van der Waals surface area (Å²) in [5.74, 6) is 0. The zero-order chi connectivity index (χ0) is 8.10. The number of benzene rings is 1. The third kappa shape index (κ3) is 3.00. The standard InChI is InChI=1S/C8H10O2Si/c9-8(10)11-6-7-4-2-1-3-5-7/h1-5H,6,11H2,(H,9,10). The molecule has 0 aromatic heterocycles. The maximum absolute atomic E-state index is 10.2. The summed E-state index contributed by atoms with van der Waals surface area (Å²) in [5.41, 5.74) is 0.537. The Hall–Kier alpha value is -1.09. The summed E-state index contributed by atoms with van der Waals surface area (Å²) >= 11 is 0. The zero-order valence-electron chi connectivity index (χ0n) is 6.16. The second-order valence-corrected chi connectivity index (χ2v) is 3.98. The molecule has 0 aliphatic carbocycles. The van der Waals surface area contributed by atoms with Gasteiger partial charge in [-0.15, -0.1) is 0 Å². The number of carbonyl (C=O) groups is 1. The van der Waals surface area contributed by atoms with Gasteiger partial charge in [-0.2, -0.15) is 0 Å². The second kappa shape index (κ2) is 3.93. The van der Waals surface area contributed by atoms with Crippen LogP contribution in [0.4, 0.5) is 4.79 Å². The summed E-state index contributed by atoms with van der Waals surface area (Å²) in [4.78, 5) is 10.2. The first kappa shape index (κ1) is 8.01. The van der Waals surface area contributed by atoms with Crippen LogP contribution >= 0.6 is 0 Å². The molecule has 0 aliphatic rings. The Morgan fingerprint density at radius 1 is 1.36 bits per heavy atom. The second-order valence-electron chi connectivity index (χ2n) is 2.38. The summed E-state index contributed by atoms with van der Waals surface area (Å²) < 4.78 is 0. The normalized spacial score (nSPS) is 10.5. The maximum atomic E-state index is 10.2. The zero-order valence-corrected chi connectivity index (χ0v) is 7.57. The maximum Gasteiger partial charge on any atom is 0.262 e. The minimum Gasteiger partial charge on any atom is -0.486 e. The highest BCUT2D eigenvalue weighted by Crippen LogP contribution is 1.97. The summed E-state index contributed by atoms with van der Waals surface area (Å²) in [5, 5.41) is 8.44. The number of hydrogen-bond donors (Lipinski definition) is 1. The third-order valence-corrected chi connectivity index (χ3v) is 2.73. The minimum absolute atomic E-state index is 0.603. The van der Waals surface area contributed by atoms with Crippen LogP contribution in [0.2, 0.25) is 0 Å². The van der Waals surface area contributed by atoms with E-state index in [1.807, 2.05) is 30.3 Å². The van der Waals surface area contributed by atoms with Crippen molar-refractivity contribution in [2.24, 2.45) is 0 Å². The van der Waals surface area contributed by atoms with E-state index in [0.717, 1.165) is 11.6 Å². The van der Waals surface area contributed by atoms with Gasteiger partial charge < -0.3 is 5.11 Å². The van der Waals surface area contributed by atoms with Gasteiger partial charge in [0.2, 0.25) is 0 Å². The first-order chi connectivity index (χ1) is 5.29. The van der Waals surface area contributed by atoms with Gasteiger partial charge in [-0.25, -0.2) is 0 Å². The summed E-state index contributed by atoms with van der Waals surface area (Å²) in [7, 11) is -0.936.